The number of carbonyl (C=O) groups excluding carboxylic acids is 1. The fraction of sp³-hybridized carbons (Fsp3) is 0.333. The number of benzene rings is 2. The molecule has 2 aromatic carbocycles. The third-order valence-electron chi connectivity index (χ3n) is 5.00. The predicted molar refractivity (Wildman–Crippen MR) is 122 cm³/mol. The Morgan fingerprint density at radius 2 is 1.77 bits per heavy atom. The van der Waals surface area contributed by atoms with Crippen LogP contribution in [0.3, 0.4) is 0 Å². The molecular formula is C24H30FN5O. The Morgan fingerprint density at radius 1 is 1.03 bits per heavy atom. The molecule has 0 atom stereocenters. The van der Waals surface area contributed by atoms with E-state index in [1.54, 1.807) is 17.0 Å². The molecule has 0 spiro atoms. The van der Waals surface area contributed by atoms with E-state index in [-0.39, 0.29) is 11.8 Å². The van der Waals surface area contributed by atoms with E-state index in [1.165, 1.54) is 12.1 Å². The zero-order valence-electron chi connectivity index (χ0n) is 18.6. The van der Waals surface area contributed by atoms with Gasteiger partial charge in [-0.2, -0.15) is 5.10 Å². The maximum absolute atomic E-state index is 13.2. The van der Waals surface area contributed by atoms with E-state index >= 15 is 0 Å². The van der Waals surface area contributed by atoms with Crippen LogP contribution in [0.4, 0.5) is 14.9 Å². The van der Waals surface area contributed by atoms with E-state index < -0.39 is 0 Å². The predicted octanol–water partition coefficient (Wildman–Crippen LogP) is 4.28. The molecule has 1 aromatic heterocycles. The monoisotopic (exact) mass is 423 g/mol. The number of halogens is 1. The molecule has 0 aliphatic rings. The summed E-state index contributed by atoms with van der Waals surface area (Å²) in [7, 11) is 3.94. The zero-order chi connectivity index (χ0) is 22.4. The first-order valence-corrected chi connectivity index (χ1v) is 10.4. The summed E-state index contributed by atoms with van der Waals surface area (Å²) in [6, 6.07) is 15.9. The standard InChI is InChI=1S/C24H30FN5O/c1-18-14-19(2)30(27-18)17-21-6-5-7-23(15-21)26-24(31)29(13-12-28(3)4)16-20-8-10-22(25)11-9-20/h5-11,14-15H,12-13,16-17H2,1-4H3,(H,26,31). The average molecular weight is 424 g/mol. The van der Waals surface area contributed by atoms with Crippen LogP contribution in [0, 0.1) is 19.7 Å². The number of hydrogen-bond acceptors (Lipinski definition) is 3. The third kappa shape index (κ3) is 6.65. The van der Waals surface area contributed by atoms with Crippen molar-refractivity contribution in [3.05, 3.63) is 82.9 Å². The molecule has 0 saturated carbocycles. The number of anilines is 1. The van der Waals surface area contributed by atoms with Gasteiger partial charge in [-0.3, -0.25) is 4.68 Å². The van der Waals surface area contributed by atoms with Crippen molar-refractivity contribution >= 4 is 11.7 Å². The average Bonchev–Trinajstić information content (AvgIpc) is 3.03. The van der Waals surface area contributed by atoms with Gasteiger partial charge in [0.1, 0.15) is 5.82 Å². The summed E-state index contributed by atoms with van der Waals surface area (Å²) in [5.41, 5.74) is 4.76. The van der Waals surface area contributed by atoms with Gasteiger partial charge in [0.15, 0.2) is 0 Å². The van der Waals surface area contributed by atoms with Gasteiger partial charge in [0.05, 0.1) is 12.2 Å². The smallest absolute Gasteiger partial charge is 0.319 e. The minimum absolute atomic E-state index is 0.186. The SMILES string of the molecule is Cc1cc(C)n(Cc2cccc(NC(=O)N(CCN(C)C)Cc3ccc(F)cc3)c2)n1. The summed E-state index contributed by atoms with van der Waals surface area (Å²) in [5, 5.41) is 7.52. The number of hydrogen-bond donors (Lipinski definition) is 1. The number of urea groups is 1. The normalized spacial score (nSPS) is 11.0. The molecule has 0 radical (unpaired) electrons. The van der Waals surface area contributed by atoms with Crippen LogP contribution in [-0.4, -0.2) is 52.8 Å². The van der Waals surface area contributed by atoms with Crippen LogP contribution in [0.15, 0.2) is 54.6 Å². The summed E-state index contributed by atoms with van der Waals surface area (Å²) in [5.74, 6) is -0.285. The molecular weight excluding hydrogens is 393 g/mol. The van der Waals surface area contributed by atoms with Crippen molar-refractivity contribution in [1.82, 2.24) is 19.6 Å². The first-order chi connectivity index (χ1) is 14.8. The van der Waals surface area contributed by atoms with Gasteiger partial charge >= 0.3 is 6.03 Å². The molecule has 0 fully saturated rings. The Bertz CT molecular complexity index is 1010. The fourth-order valence-electron chi connectivity index (χ4n) is 3.34. The molecule has 7 heteroatoms. The molecule has 1 N–H and O–H groups in total. The minimum atomic E-state index is -0.285. The summed E-state index contributed by atoms with van der Waals surface area (Å²) >= 11 is 0. The van der Waals surface area contributed by atoms with Crippen molar-refractivity contribution in [1.29, 1.82) is 0 Å². The summed E-state index contributed by atoms with van der Waals surface area (Å²) in [6.45, 7) is 6.34. The first-order valence-electron chi connectivity index (χ1n) is 10.4. The van der Waals surface area contributed by atoms with E-state index in [4.69, 9.17) is 0 Å². The van der Waals surface area contributed by atoms with Gasteiger partial charge in [-0.05, 0) is 69.4 Å². The molecule has 0 unspecified atom stereocenters. The topological polar surface area (TPSA) is 53.4 Å². The molecule has 31 heavy (non-hydrogen) atoms. The Labute approximate surface area is 183 Å². The molecule has 3 aromatic rings. The van der Waals surface area contributed by atoms with E-state index in [1.807, 2.05) is 67.9 Å². The Kier molecular flexibility index (Phi) is 7.41. The zero-order valence-corrected chi connectivity index (χ0v) is 18.6. The van der Waals surface area contributed by atoms with E-state index in [0.717, 1.165) is 34.7 Å². The highest BCUT2D eigenvalue weighted by Gasteiger charge is 2.15. The number of rotatable bonds is 8. The molecule has 0 aliphatic carbocycles. The molecule has 6 nitrogen and oxygen atoms in total. The number of likely N-dealkylation sites (N-methyl/N-ethyl adjacent to an activating group) is 1. The second-order valence-electron chi connectivity index (χ2n) is 8.07. The van der Waals surface area contributed by atoms with Gasteiger partial charge in [0, 0.05) is 31.0 Å². The van der Waals surface area contributed by atoms with Crippen LogP contribution in [0.2, 0.25) is 0 Å². The van der Waals surface area contributed by atoms with Crippen LogP contribution < -0.4 is 5.32 Å². The van der Waals surface area contributed by atoms with Gasteiger partial charge in [0.25, 0.3) is 0 Å². The molecule has 164 valence electrons. The molecule has 0 saturated heterocycles. The van der Waals surface area contributed by atoms with Crippen molar-refractivity contribution in [2.75, 3.05) is 32.5 Å². The second-order valence-corrected chi connectivity index (χ2v) is 8.07. The molecule has 0 bridgehead atoms. The van der Waals surface area contributed by atoms with Crippen molar-refractivity contribution in [3.8, 4) is 0 Å². The lowest BCUT2D eigenvalue weighted by atomic mass is 10.2. The van der Waals surface area contributed by atoms with Crippen LogP contribution in [0.1, 0.15) is 22.5 Å². The Hall–Kier alpha value is -3.19. The largest absolute Gasteiger partial charge is 0.322 e. The lowest BCUT2D eigenvalue weighted by Gasteiger charge is -2.25. The highest BCUT2D eigenvalue weighted by Crippen LogP contribution is 2.15. The van der Waals surface area contributed by atoms with Gasteiger partial charge in [0.2, 0.25) is 0 Å². The fourth-order valence-corrected chi connectivity index (χ4v) is 3.34. The number of carbonyl (C=O) groups is 1. The van der Waals surface area contributed by atoms with Crippen LogP contribution in [0.5, 0.6) is 0 Å². The third-order valence-corrected chi connectivity index (χ3v) is 5.00. The van der Waals surface area contributed by atoms with Crippen molar-refractivity contribution in [2.24, 2.45) is 0 Å². The maximum Gasteiger partial charge on any atom is 0.322 e. The Morgan fingerprint density at radius 3 is 2.42 bits per heavy atom. The number of amides is 2. The lowest BCUT2D eigenvalue weighted by molar-refractivity contribution is 0.202. The summed E-state index contributed by atoms with van der Waals surface area (Å²) < 4.78 is 15.2. The van der Waals surface area contributed by atoms with Crippen molar-refractivity contribution < 1.29 is 9.18 Å². The highest BCUT2D eigenvalue weighted by molar-refractivity contribution is 5.89. The number of nitrogens with one attached hydrogen (secondary N) is 1. The van der Waals surface area contributed by atoms with Crippen molar-refractivity contribution in [2.45, 2.75) is 26.9 Å². The number of aryl methyl sites for hydroxylation is 2. The van der Waals surface area contributed by atoms with Gasteiger partial charge in [-0.15, -0.1) is 0 Å². The summed E-state index contributed by atoms with van der Waals surface area (Å²) in [6.07, 6.45) is 0. The molecule has 2 amide bonds. The van der Waals surface area contributed by atoms with Gasteiger partial charge in [-0.1, -0.05) is 24.3 Å². The van der Waals surface area contributed by atoms with Gasteiger partial charge < -0.3 is 15.1 Å². The Balaban J connectivity index is 1.71. The minimum Gasteiger partial charge on any atom is -0.319 e. The van der Waals surface area contributed by atoms with E-state index in [9.17, 15) is 9.18 Å². The highest BCUT2D eigenvalue weighted by atomic mass is 19.1. The molecule has 1 heterocycles. The first kappa shape index (κ1) is 22.5. The van der Waals surface area contributed by atoms with Crippen LogP contribution in [0.25, 0.3) is 0 Å². The molecule has 3 rings (SSSR count). The second kappa shape index (κ2) is 10.2. The maximum atomic E-state index is 13.2. The van der Waals surface area contributed by atoms with Crippen LogP contribution >= 0.6 is 0 Å². The quantitative estimate of drug-likeness (QED) is 0.588. The van der Waals surface area contributed by atoms with E-state index in [0.29, 0.717) is 19.6 Å². The number of aromatic nitrogens is 2. The van der Waals surface area contributed by atoms with Crippen molar-refractivity contribution in [3.63, 3.8) is 0 Å². The lowest BCUT2D eigenvalue weighted by Crippen LogP contribution is -2.39. The van der Waals surface area contributed by atoms with E-state index in [2.05, 4.69) is 10.4 Å². The summed E-state index contributed by atoms with van der Waals surface area (Å²) in [4.78, 5) is 16.8. The number of nitrogens with zero attached hydrogens (tertiary/aromatic N) is 4. The molecule has 0 aliphatic heterocycles. The van der Waals surface area contributed by atoms with Gasteiger partial charge in [-0.25, -0.2) is 9.18 Å². The van der Waals surface area contributed by atoms with Crippen LogP contribution in [-0.2, 0) is 13.1 Å².